The molecule has 1 aliphatic heterocycles. The van der Waals surface area contributed by atoms with Gasteiger partial charge in [-0.05, 0) is 5.56 Å². The number of imidazole rings is 1. The minimum Gasteiger partial charge on any atom is -0.343 e. The molecular weight excluding hydrogens is 424 g/mol. The zero-order valence-electron chi connectivity index (χ0n) is 18.1. The highest BCUT2D eigenvalue weighted by Crippen LogP contribution is 2.25. The molecule has 0 aliphatic carbocycles. The van der Waals surface area contributed by atoms with E-state index in [1.165, 1.54) is 4.90 Å². The molecule has 9 heteroatoms. The summed E-state index contributed by atoms with van der Waals surface area (Å²) in [6.07, 6.45) is 4.76. The Morgan fingerprint density at radius 1 is 1.19 bits per heavy atom. The lowest BCUT2D eigenvalue weighted by molar-refractivity contribution is -0.131. The summed E-state index contributed by atoms with van der Waals surface area (Å²) >= 11 is 1.55. The van der Waals surface area contributed by atoms with Gasteiger partial charge in [-0.3, -0.25) is 18.7 Å². The molecule has 0 unspecified atom stereocenters. The largest absolute Gasteiger partial charge is 0.343 e. The monoisotopic (exact) mass is 448 g/mol. The van der Waals surface area contributed by atoms with Crippen molar-refractivity contribution >= 4 is 28.1 Å². The second-order valence-corrected chi connectivity index (χ2v) is 9.06. The van der Waals surface area contributed by atoms with Gasteiger partial charge in [0.2, 0.25) is 5.91 Å². The van der Waals surface area contributed by atoms with Gasteiger partial charge < -0.3 is 9.80 Å². The summed E-state index contributed by atoms with van der Waals surface area (Å²) < 4.78 is 3.86. The molecule has 0 bridgehead atoms. The number of thiazole rings is 1. The summed E-state index contributed by atoms with van der Waals surface area (Å²) in [5.74, 6) is -0.128. The summed E-state index contributed by atoms with van der Waals surface area (Å²) in [5, 5.41) is 6.65. The third kappa shape index (κ3) is 3.80. The first-order valence-corrected chi connectivity index (χ1v) is 11.4. The minimum absolute atomic E-state index is 0.0143. The van der Waals surface area contributed by atoms with Crippen LogP contribution in [0.15, 0.2) is 48.1 Å². The van der Waals surface area contributed by atoms with Crippen LogP contribution in [0.4, 0.5) is 0 Å². The van der Waals surface area contributed by atoms with Gasteiger partial charge in [-0.2, -0.15) is 5.10 Å². The molecule has 5 rings (SSSR count). The van der Waals surface area contributed by atoms with Crippen LogP contribution in [0.25, 0.3) is 4.96 Å². The van der Waals surface area contributed by atoms with Crippen LogP contribution in [-0.4, -0.2) is 61.4 Å². The molecule has 32 heavy (non-hydrogen) atoms. The summed E-state index contributed by atoms with van der Waals surface area (Å²) in [6, 6.07) is 10.1. The van der Waals surface area contributed by atoms with Gasteiger partial charge in [0.05, 0.1) is 18.7 Å². The van der Waals surface area contributed by atoms with E-state index in [4.69, 9.17) is 0 Å². The standard InChI is InChI=1S/C23H24N6O2S/c1-26(2)22(31)21-18-15-27(20(30)12-17-14-28-10-11-32-23(28)24-17)9-8-19(18)29(25-21)13-16-6-4-3-5-7-16/h3-7,10-11,14H,8-9,12-13,15H2,1-2H3. The molecule has 4 heterocycles. The van der Waals surface area contributed by atoms with Gasteiger partial charge in [-0.25, -0.2) is 4.98 Å². The van der Waals surface area contributed by atoms with Gasteiger partial charge in [0.15, 0.2) is 10.7 Å². The Labute approximate surface area is 189 Å². The predicted octanol–water partition coefficient (Wildman–Crippen LogP) is 2.47. The number of nitrogens with zero attached hydrogens (tertiary/aromatic N) is 6. The Hall–Kier alpha value is -3.46. The van der Waals surface area contributed by atoms with E-state index in [1.54, 1.807) is 25.4 Å². The first-order valence-electron chi connectivity index (χ1n) is 10.5. The molecule has 164 valence electrons. The van der Waals surface area contributed by atoms with Gasteiger partial charge in [-0.1, -0.05) is 30.3 Å². The summed E-state index contributed by atoms with van der Waals surface area (Å²) in [6.45, 7) is 1.59. The molecular formula is C23H24N6O2S. The topological polar surface area (TPSA) is 75.7 Å². The highest BCUT2D eigenvalue weighted by Gasteiger charge is 2.31. The number of aromatic nitrogens is 4. The molecule has 0 radical (unpaired) electrons. The van der Waals surface area contributed by atoms with Crippen molar-refractivity contribution in [1.29, 1.82) is 0 Å². The van der Waals surface area contributed by atoms with Gasteiger partial charge in [0, 0.05) is 62.6 Å². The predicted molar refractivity (Wildman–Crippen MR) is 122 cm³/mol. The number of fused-ring (bicyclic) bond motifs is 2. The van der Waals surface area contributed by atoms with Crippen molar-refractivity contribution < 1.29 is 9.59 Å². The third-order valence-corrected chi connectivity index (χ3v) is 6.52. The number of carbonyl (C=O) groups excluding carboxylic acids is 2. The fourth-order valence-corrected chi connectivity index (χ4v) is 4.82. The van der Waals surface area contributed by atoms with E-state index in [1.807, 2.05) is 50.0 Å². The molecule has 3 aromatic heterocycles. The Bertz CT molecular complexity index is 1260. The molecule has 0 N–H and O–H groups in total. The van der Waals surface area contributed by atoms with Crippen LogP contribution in [0.2, 0.25) is 0 Å². The number of hydrogen-bond donors (Lipinski definition) is 0. The van der Waals surface area contributed by atoms with Crippen LogP contribution in [0.5, 0.6) is 0 Å². The van der Waals surface area contributed by atoms with E-state index < -0.39 is 0 Å². The first-order chi connectivity index (χ1) is 15.5. The van der Waals surface area contributed by atoms with Crippen LogP contribution in [0.3, 0.4) is 0 Å². The highest BCUT2D eigenvalue weighted by atomic mass is 32.1. The average Bonchev–Trinajstić information content (AvgIpc) is 3.47. The van der Waals surface area contributed by atoms with Crippen molar-refractivity contribution in [2.45, 2.75) is 25.9 Å². The van der Waals surface area contributed by atoms with E-state index in [0.717, 1.165) is 27.5 Å². The van der Waals surface area contributed by atoms with Crippen LogP contribution in [0, 0.1) is 0 Å². The lowest BCUT2D eigenvalue weighted by atomic mass is 10.0. The number of rotatable bonds is 5. The maximum absolute atomic E-state index is 13.0. The van der Waals surface area contributed by atoms with Crippen LogP contribution < -0.4 is 0 Å². The number of amides is 2. The normalized spacial score (nSPS) is 13.4. The van der Waals surface area contributed by atoms with Crippen LogP contribution >= 0.6 is 11.3 Å². The van der Waals surface area contributed by atoms with E-state index >= 15 is 0 Å². The SMILES string of the molecule is CN(C)C(=O)c1nn(Cc2ccccc2)c2c1CN(C(=O)Cc1cn3ccsc3n1)CC2. The van der Waals surface area contributed by atoms with Crippen LogP contribution in [0.1, 0.15) is 33.0 Å². The first kappa shape index (κ1) is 20.4. The molecule has 2 amide bonds. The van der Waals surface area contributed by atoms with Gasteiger partial charge in [0.25, 0.3) is 5.91 Å². The molecule has 0 fully saturated rings. The highest BCUT2D eigenvalue weighted by molar-refractivity contribution is 7.15. The second kappa shape index (κ2) is 8.23. The molecule has 0 saturated carbocycles. The Morgan fingerprint density at radius 3 is 2.75 bits per heavy atom. The fourth-order valence-electron chi connectivity index (χ4n) is 4.10. The lowest BCUT2D eigenvalue weighted by Crippen LogP contribution is -2.38. The van der Waals surface area contributed by atoms with Gasteiger partial charge >= 0.3 is 0 Å². The van der Waals surface area contributed by atoms with E-state index in [0.29, 0.717) is 31.7 Å². The van der Waals surface area contributed by atoms with E-state index in [9.17, 15) is 9.59 Å². The zero-order chi connectivity index (χ0) is 22.2. The van der Waals surface area contributed by atoms with Crippen molar-refractivity contribution in [2.24, 2.45) is 0 Å². The van der Waals surface area contributed by atoms with Crippen molar-refractivity contribution in [3.63, 3.8) is 0 Å². The number of benzene rings is 1. The van der Waals surface area contributed by atoms with Crippen molar-refractivity contribution in [2.75, 3.05) is 20.6 Å². The smallest absolute Gasteiger partial charge is 0.274 e. The van der Waals surface area contributed by atoms with E-state index in [2.05, 4.69) is 22.2 Å². The maximum atomic E-state index is 13.0. The molecule has 0 spiro atoms. The van der Waals surface area contributed by atoms with Crippen molar-refractivity contribution in [1.82, 2.24) is 29.0 Å². The molecule has 4 aromatic rings. The molecule has 1 aromatic carbocycles. The second-order valence-electron chi connectivity index (χ2n) is 8.18. The summed E-state index contributed by atoms with van der Waals surface area (Å²) in [4.78, 5) is 34.7. The number of hydrogen-bond acceptors (Lipinski definition) is 5. The van der Waals surface area contributed by atoms with Gasteiger partial charge in [-0.15, -0.1) is 11.3 Å². The molecule has 8 nitrogen and oxygen atoms in total. The molecule has 0 atom stereocenters. The fraction of sp³-hybridized carbons (Fsp3) is 0.304. The maximum Gasteiger partial charge on any atom is 0.274 e. The Morgan fingerprint density at radius 2 is 2.00 bits per heavy atom. The molecule has 1 aliphatic rings. The van der Waals surface area contributed by atoms with E-state index in [-0.39, 0.29) is 18.2 Å². The van der Waals surface area contributed by atoms with Gasteiger partial charge in [0.1, 0.15) is 0 Å². The quantitative estimate of drug-likeness (QED) is 0.470. The van der Waals surface area contributed by atoms with Crippen LogP contribution in [-0.2, 0) is 30.7 Å². The number of carbonyl (C=O) groups is 2. The Balaban J connectivity index is 1.40. The summed E-state index contributed by atoms with van der Waals surface area (Å²) in [7, 11) is 3.45. The average molecular weight is 449 g/mol. The lowest BCUT2D eigenvalue weighted by Gasteiger charge is -2.28. The minimum atomic E-state index is -0.142. The third-order valence-electron chi connectivity index (χ3n) is 5.75. The molecule has 0 saturated heterocycles. The van der Waals surface area contributed by atoms with Crippen molar-refractivity contribution in [3.05, 3.63) is 76.3 Å². The Kier molecular flexibility index (Phi) is 5.26. The summed E-state index contributed by atoms with van der Waals surface area (Å²) in [5.41, 5.74) is 4.20. The zero-order valence-corrected chi connectivity index (χ0v) is 18.9. The van der Waals surface area contributed by atoms with Crippen molar-refractivity contribution in [3.8, 4) is 0 Å².